The molecule has 1 heterocycles. The number of hydrogen-bond acceptors (Lipinski definition) is 3. The molecular formula is C18H19N3O2S. The number of benzene rings is 2. The van der Waals surface area contributed by atoms with Crippen LogP contribution in [0.1, 0.15) is 16.7 Å². The van der Waals surface area contributed by atoms with Crippen molar-refractivity contribution in [3.05, 3.63) is 77.6 Å². The van der Waals surface area contributed by atoms with Gasteiger partial charge in [0.2, 0.25) is 10.0 Å². The fourth-order valence-electron chi connectivity index (χ4n) is 2.43. The molecule has 0 aliphatic carbocycles. The second-order valence-corrected chi connectivity index (χ2v) is 7.46. The predicted octanol–water partition coefficient (Wildman–Crippen LogP) is 2.97. The van der Waals surface area contributed by atoms with E-state index in [-0.39, 0.29) is 6.54 Å². The molecule has 0 saturated heterocycles. The number of nitrogens with one attached hydrogen (secondary N) is 1. The van der Waals surface area contributed by atoms with Gasteiger partial charge in [0.05, 0.1) is 16.8 Å². The summed E-state index contributed by atoms with van der Waals surface area (Å²) in [7, 11) is -3.55. The molecule has 3 rings (SSSR count). The lowest BCUT2D eigenvalue weighted by Crippen LogP contribution is -2.24. The van der Waals surface area contributed by atoms with Gasteiger partial charge in [-0.3, -0.25) is 0 Å². The molecule has 0 saturated carbocycles. The van der Waals surface area contributed by atoms with Crippen molar-refractivity contribution in [2.75, 3.05) is 0 Å². The van der Waals surface area contributed by atoms with Crippen LogP contribution in [0.15, 0.2) is 65.8 Å². The smallest absolute Gasteiger partial charge is 0.241 e. The third kappa shape index (κ3) is 3.55. The molecule has 0 fully saturated rings. The lowest BCUT2D eigenvalue weighted by Gasteiger charge is -2.09. The van der Waals surface area contributed by atoms with E-state index in [0.29, 0.717) is 4.90 Å². The van der Waals surface area contributed by atoms with Gasteiger partial charge in [-0.05, 0) is 43.2 Å². The normalized spacial score (nSPS) is 11.6. The quantitative estimate of drug-likeness (QED) is 0.776. The first kappa shape index (κ1) is 16.4. The summed E-state index contributed by atoms with van der Waals surface area (Å²) >= 11 is 0. The lowest BCUT2D eigenvalue weighted by molar-refractivity contribution is 0.580. The fraction of sp³-hybridized carbons (Fsp3) is 0.167. The number of aromatic nitrogens is 2. The zero-order chi connectivity index (χ0) is 17.2. The van der Waals surface area contributed by atoms with Crippen LogP contribution in [-0.2, 0) is 16.6 Å². The van der Waals surface area contributed by atoms with Crippen molar-refractivity contribution in [1.29, 1.82) is 0 Å². The van der Waals surface area contributed by atoms with Crippen molar-refractivity contribution in [1.82, 2.24) is 14.5 Å². The van der Waals surface area contributed by atoms with Crippen LogP contribution in [0.2, 0.25) is 0 Å². The highest BCUT2D eigenvalue weighted by Gasteiger charge is 2.17. The number of nitrogens with zero attached hydrogens (tertiary/aromatic N) is 2. The molecule has 2 aromatic carbocycles. The van der Waals surface area contributed by atoms with Gasteiger partial charge in [-0.25, -0.2) is 17.8 Å². The molecule has 0 atom stereocenters. The molecule has 0 aliphatic rings. The molecular weight excluding hydrogens is 322 g/mol. The number of sulfonamides is 1. The van der Waals surface area contributed by atoms with E-state index in [0.717, 1.165) is 22.4 Å². The highest BCUT2D eigenvalue weighted by molar-refractivity contribution is 7.89. The molecule has 0 aliphatic heterocycles. The Morgan fingerprint density at radius 3 is 2.58 bits per heavy atom. The van der Waals surface area contributed by atoms with Crippen LogP contribution >= 0.6 is 0 Å². The van der Waals surface area contributed by atoms with Crippen molar-refractivity contribution < 1.29 is 8.42 Å². The summed E-state index contributed by atoms with van der Waals surface area (Å²) in [5.41, 5.74) is 3.37. The third-order valence-electron chi connectivity index (χ3n) is 3.76. The molecule has 3 aromatic rings. The van der Waals surface area contributed by atoms with Crippen LogP contribution in [0.25, 0.3) is 5.69 Å². The van der Waals surface area contributed by atoms with Crippen molar-refractivity contribution in [2.45, 2.75) is 25.3 Å². The Morgan fingerprint density at radius 2 is 1.83 bits per heavy atom. The van der Waals surface area contributed by atoms with Crippen LogP contribution in [0.4, 0.5) is 0 Å². The maximum absolute atomic E-state index is 12.5. The second kappa shape index (κ2) is 6.59. The van der Waals surface area contributed by atoms with E-state index in [1.54, 1.807) is 23.9 Å². The molecule has 6 heteroatoms. The van der Waals surface area contributed by atoms with Gasteiger partial charge in [-0.1, -0.05) is 30.3 Å². The molecule has 0 spiro atoms. The minimum absolute atomic E-state index is 0.197. The summed E-state index contributed by atoms with van der Waals surface area (Å²) in [5.74, 6) is 0. The molecule has 24 heavy (non-hydrogen) atoms. The number of hydrogen-bond donors (Lipinski definition) is 1. The van der Waals surface area contributed by atoms with Crippen LogP contribution in [0.3, 0.4) is 0 Å². The predicted molar refractivity (Wildman–Crippen MR) is 93.5 cm³/mol. The Kier molecular flexibility index (Phi) is 4.51. The topological polar surface area (TPSA) is 64.0 Å². The molecule has 0 amide bonds. The Hall–Kier alpha value is -2.44. The van der Waals surface area contributed by atoms with Crippen LogP contribution in [0, 0.1) is 13.8 Å². The first-order valence-electron chi connectivity index (χ1n) is 7.61. The highest BCUT2D eigenvalue weighted by atomic mass is 32.2. The average Bonchev–Trinajstić information content (AvgIpc) is 3.05. The minimum atomic E-state index is -3.55. The monoisotopic (exact) mass is 341 g/mol. The Balaban J connectivity index is 1.76. The zero-order valence-electron chi connectivity index (χ0n) is 13.6. The van der Waals surface area contributed by atoms with Gasteiger partial charge in [-0.2, -0.15) is 5.10 Å². The zero-order valence-corrected chi connectivity index (χ0v) is 14.4. The van der Waals surface area contributed by atoms with Gasteiger partial charge in [0.25, 0.3) is 0 Å². The van der Waals surface area contributed by atoms with Crippen LogP contribution < -0.4 is 4.72 Å². The van der Waals surface area contributed by atoms with Gasteiger partial charge in [0.1, 0.15) is 0 Å². The summed E-state index contributed by atoms with van der Waals surface area (Å²) < 4.78 is 29.4. The average molecular weight is 341 g/mol. The molecule has 5 nitrogen and oxygen atoms in total. The number of aryl methyl sites for hydroxylation is 2. The van der Waals surface area contributed by atoms with E-state index < -0.39 is 10.0 Å². The third-order valence-corrected chi connectivity index (χ3v) is 5.30. The summed E-state index contributed by atoms with van der Waals surface area (Å²) in [5, 5.41) is 4.27. The minimum Gasteiger partial charge on any atom is -0.241 e. The maximum Gasteiger partial charge on any atom is 0.241 e. The second-order valence-electron chi connectivity index (χ2n) is 5.72. The van der Waals surface area contributed by atoms with Crippen molar-refractivity contribution >= 4 is 10.0 Å². The molecule has 1 N–H and O–H groups in total. The Bertz CT molecular complexity index is 947. The van der Waals surface area contributed by atoms with E-state index in [2.05, 4.69) is 9.82 Å². The summed E-state index contributed by atoms with van der Waals surface area (Å²) in [6.07, 6.45) is 3.49. The van der Waals surface area contributed by atoms with E-state index in [1.807, 2.05) is 55.6 Å². The largest absolute Gasteiger partial charge is 0.241 e. The van der Waals surface area contributed by atoms with Crippen molar-refractivity contribution in [2.24, 2.45) is 0 Å². The molecule has 0 bridgehead atoms. The maximum atomic E-state index is 12.5. The summed E-state index contributed by atoms with van der Waals surface area (Å²) in [6, 6.07) is 15.1. The van der Waals surface area contributed by atoms with Gasteiger partial charge < -0.3 is 0 Å². The van der Waals surface area contributed by atoms with Gasteiger partial charge >= 0.3 is 0 Å². The van der Waals surface area contributed by atoms with E-state index >= 15 is 0 Å². The number of rotatable bonds is 5. The SMILES string of the molecule is Cc1ccc(C)c(S(=O)(=O)NCc2cnn(-c3ccccc3)c2)c1. The first-order chi connectivity index (χ1) is 11.5. The number of para-hydroxylation sites is 1. The van der Waals surface area contributed by atoms with Crippen LogP contribution in [-0.4, -0.2) is 18.2 Å². The van der Waals surface area contributed by atoms with Crippen molar-refractivity contribution in [3.8, 4) is 5.69 Å². The summed E-state index contributed by atoms with van der Waals surface area (Å²) in [4.78, 5) is 0.318. The van der Waals surface area contributed by atoms with Gasteiger partial charge in [0, 0.05) is 18.3 Å². The standard InChI is InChI=1S/C18H19N3O2S/c1-14-8-9-15(2)18(10-14)24(22,23)20-12-16-11-19-21(13-16)17-6-4-3-5-7-17/h3-11,13,20H,12H2,1-2H3. The summed E-state index contributed by atoms with van der Waals surface area (Å²) in [6.45, 7) is 3.87. The van der Waals surface area contributed by atoms with E-state index in [1.165, 1.54) is 0 Å². The van der Waals surface area contributed by atoms with E-state index in [4.69, 9.17) is 0 Å². The van der Waals surface area contributed by atoms with Gasteiger partial charge in [0.15, 0.2) is 0 Å². The molecule has 0 radical (unpaired) electrons. The molecule has 0 unspecified atom stereocenters. The van der Waals surface area contributed by atoms with E-state index in [9.17, 15) is 8.42 Å². The van der Waals surface area contributed by atoms with Gasteiger partial charge in [-0.15, -0.1) is 0 Å². The van der Waals surface area contributed by atoms with Crippen molar-refractivity contribution in [3.63, 3.8) is 0 Å². The van der Waals surface area contributed by atoms with Crippen LogP contribution in [0.5, 0.6) is 0 Å². The fourth-order valence-corrected chi connectivity index (χ4v) is 3.77. The molecule has 1 aromatic heterocycles. The Labute approximate surface area is 142 Å². The molecule has 124 valence electrons. The Morgan fingerprint density at radius 1 is 1.08 bits per heavy atom. The lowest BCUT2D eigenvalue weighted by atomic mass is 10.2. The highest BCUT2D eigenvalue weighted by Crippen LogP contribution is 2.17. The first-order valence-corrected chi connectivity index (χ1v) is 9.10.